The van der Waals surface area contributed by atoms with Crippen LogP contribution in [-0.2, 0) is 11.0 Å². The molecule has 0 spiro atoms. The quantitative estimate of drug-likeness (QED) is 0.802. The largest absolute Gasteiger partial charge is 0.417 e. The highest BCUT2D eigenvalue weighted by molar-refractivity contribution is 5.96. The molecule has 1 unspecified atom stereocenters. The second-order valence-electron chi connectivity index (χ2n) is 6.80. The van der Waals surface area contributed by atoms with Crippen LogP contribution in [0.15, 0.2) is 24.3 Å². The van der Waals surface area contributed by atoms with Crippen LogP contribution in [0.3, 0.4) is 0 Å². The summed E-state index contributed by atoms with van der Waals surface area (Å²) in [5.74, 6) is -0.587. The molecule has 2 saturated heterocycles. The van der Waals surface area contributed by atoms with Crippen LogP contribution in [0.5, 0.6) is 0 Å². The first-order chi connectivity index (χ1) is 12.3. The van der Waals surface area contributed by atoms with Gasteiger partial charge in [-0.15, -0.1) is 0 Å². The van der Waals surface area contributed by atoms with Gasteiger partial charge in [-0.1, -0.05) is 12.1 Å². The van der Waals surface area contributed by atoms with Crippen molar-refractivity contribution in [3.05, 3.63) is 35.4 Å². The van der Waals surface area contributed by atoms with Crippen molar-refractivity contribution in [2.75, 3.05) is 39.8 Å². The molecule has 1 atom stereocenters. The van der Waals surface area contributed by atoms with E-state index >= 15 is 0 Å². The van der Waals surface area contributed by atoms with Crippen molar-refractivity contribution >= 4 is 11.8 Å². The maximum Gasteiger partial charge on any atom is 0.417 e. The SMILES string of the molecule is CN1CCCC1C(=O)N1CCN(C(=O)c2ccccc2C(F)(F)F)CC1. The number of rotatable bonds is 2. The fraction of sp³-hybridized carbons (Fsp3) is 0.556. The molecule has 2 fully saturated rings. The zero-order valence-corrected chi connectivity index (χ0v) is 14.6. The van der Waals surface area contributed by atoms with Crippen molar-refractivity contribution in [2.24, 2.45) is 0 Å². The third-order valence-corrected chi connectivity index (χ3v) is 5.15. The van der Waals surface area contributed by atoms with Gasteiger partial charge < -0.3 is 9.80 Å². The summed E-state index contributed by atoms with van der Waals surface area (Å²) in [6.45, 7) is 2.08. The lowest BCUT2D eigenvalue weighted by Crippen LogP contribution is -2.54. The third kappa shape index (κ3) is 3.70. The predicted molar refractivity (Wildman–Crippen MR) is 89.6 cm³/mol. The number of carbonyl (C=O) groups excluding carboxylic acids is 2. The van der Waals surface area contributed by atoms with Crippen LogP contribution < -0.4 is 0 Å². The van der Waals surface area contributed by atoms with Gasteiger partial charge in [0.25, 0.3) is 5.91 Å². The minimum atomic E-state index is -4.57. The Morgan fingerprint density at radius 1 is 1.00 bits per heavy atom. The molecule has 2 amide bonds. The van der Waals surface area contributed by atoms with Crippen molar-refractivity contribution < 1.29 is 22.8 Å². The van der Waals surface area contributed by atoms with E-state index < -0.39 is 17.6 Å². The minimum Gasteiger partial charge on any atom is -0.338 e. The van der Waals surface area contributed by atoms with Gasteiger partial charge in [0.1, 0.15) is 0 Å². The van der Waals surface area contributed by atoms with Gasteiger partial charge in [0.2, 0.25) is 5.91 Å². The Morgan fingerprint density at radius 2 is 1.62 bits per heavy atom. The number of alkyl halides is 3. The number of halogens is 3. The number of carbonyl (C=O) groups is 2. The molecule has 5 nitrogen and oxygen atoms in total. The molecule has 8 heteroatoms. The average Bonchev–Trinajstić information content (AvgIpc) is 3.06. The Bertz CT molecular complexity index is 685. The summed E-state index contributed by atoms with van der Waals surface area (Å²) in [5, 5.41) is 0. The normalized spacial score (nSPS) is 21.9. The van der Waals surface area contributed by atoms with Crippen molar-refractivity contribution in [3.8, 4) is 0 Å². The number of hydrogen-bond donors (Lipinski definition) is 0. The molecular weight excluding hydrogens is 347 g/mol. The lowest BCUT2D eigenvalue weighted by atomic mass is 10.1. The Hall–Kier alpha value is -2.09. The van der Waals surface area contributed by atoms with E-state index in [0.717, 1.165) is 25.5 Å². The molecule has 0 radical (unpaired) electrons. The highest BCUT2D eigenvalue weighted by Crippen LogP contribution is 2.32. The molecule has 0 aliphatic carbocycles. The molecule has 0 N–H and O–H groups in total. The molecule has 0 saturated carbocycles. The zero-order valence-electron chi connectivity index (χ0n) is 14.6. The highest BCUT2D eigenvalue weighted by atomic mass is 19.4. The molecule has 142 valence electrons. The molecule has 0 aromatic heterocycles. The van der Waals surface area contributed by atoms with E-state index in [-0.39, 0.29) is 30.6 Å². The lowest BCUT2D eigenvalue weighted by Gasteiger charge is -2.37. The summed E-state index contributed by atoms with van der Waals surface area (Å²) >= 11 is 0. The zero-order chi connectivity index (χ0) is 18.9. The van der Waals surface area contributed by atoms with Gasteiger partial charge >= 0.3 is 6.18 Å². The van der Waals surface area contributed by atoms with Crippen LogP contribution >= 0.6 is 0 Å². The van der Waals surface area contributed by atoms with Crippen molar-refractivity contribution in [1.82, 2.24) is 14.7 Å². The monoisotopic (exact) mass is 369 g/mol. The molecule has 1 aromatic rings. The number of nitrogens with zero attached hydrogens (tertiary/aromatic N) is 3. The number of amides is 2. The Labute approximate surface area is 150 Å². The first kappa shape index (κ1) is 18.7. The predicted octanol–water partition coefficient (Wildman–Crippen LogP) is 2.08. The topological polar surface area (TPSA) is 43.9 Å². The molecule has 2 heterocycles. The van der Waals surface area contributed by atoms with Crippen molar-refractivity contribution in [3.63, 3.8) is 0 Å². The minimum absolute atomic E-state index is 0.0489. The van der Waals surface area contributed by atoms with E-state index in [2.05, 4.69) is 0 Å². The van der Waals surface area contributed by atoms with Crippen LogP contribution in [0.1, 0.15) is 28.8 Å². The maximum atomic E-state index is 13.1. The van der Waals surface area contributed by atoms with Crippen molar-refractivity contribution in [1.29, 1.82) is 0 Å². The lowest BCUT2D eigenvalue weighted by molar-refractivity contribution is -0.138. The third-order valence-electron chi connectivity index (χ3n) is 5.15. The van der Waals surface area contributed by atoms with E-state index in [0.29, 0.717) is 13.1 Å². The first-order valence-electron chi connectivity index (χ1n) is 8.73. The van der Waals surface area contributed by atoms with Gasteiger partial charge in [-0.2, -0.15) is 13.2 Å². The molecule has 1 aromatic carbocycles. The summed E-state index contributed by atoms with van der Waals surface area (Å²) < 4.78 is 39.4. The van der Waals surface area contributed by atoms with Crippen LogP contribution in [0.25, 0.3) is 0 Å². The van der Waals surface area contributed by atoms with Gasteiger partial charge in [-0.25, -0.2) is 0 Å². The molecule has 2 aliphatic heterocycles. The van der Waals surface area contributed by atoms with Gasteiger partial charge in [-0.05, 0) is 38.6 Å². The highest BCUT2D eigenvalue weighted by Gasteiger charge is 2.37. The number of likely N-dealkylation sites (N-methyl/N-ethyl adjacent to an activating group) is 1. The molecule has 0 bridgehead atoms. The van der Waals surface area contributed by atoms with Gasteiger partial charge in [0.05, 0.1) is 17.2 Å². The number of benzene rings is 1. The standard InChI is InChI=1S/C18H22F3N3O2/c1-22-8-4-7-15(22)17(26)24-11-9-23(10-12-24)16(25)13-5-2-3-6-14(13)18(19,20)21/h2-3,5-6,15H,4,7-12H2,1H3. The van der Waals surface area contributed by atoms with Crippen LogP contribution in [0.2, 0.25) is 0 Å². The summed E-state index contributed by atoms with van der Waals surface area (Å²) in [5.41, 5.74) is -1.26. The van der Waals surface area contributed by atoms with Crippen molar-refractivity contribution in [2.45, 2.75) is 25.1 Å². The molecule has 2 aliphatic rings. The fourth-order valence-corrected chi connectivity index (χ4v) is 3.65. The molecular formula is C18H22F3N3O2. The summed E-state index contributed by atoms with van der Waals surface area (Å²) in [4.78, 5) is 30.3. The summed E-state index contributed by atoms with van der Waals surface area (Å²) in [6.07, 6.45) is -2.76. The Balaban J connectivity index is 1.65. The Morgan fingerprint density at radius 3 is 2.19 bits per heavy atom. The second-order valence-corrected chi connectivity index (χ2v) is 6.80. The van der Waals surface area contributed by atoms with E-state index in [1.54, 1.807) is 4.90 Å². The van der Waals surface area contributed by atoms with Gasteiger partial charge in [0.15, 0.2) is 0 Å². The number of hydrogen-bond acceptors (Lipinski definition) is 3. The first-order valence-corrected chi connectivity index (χ1v) is 8.73. The fourth-order valence-electron chi connectivity index (χ4n) is 3.65. The summed E-state index contributed by atoms with van der Waals surface area (Å²) in [7, 11) is 1.92. The maximum absolute atomic E-state index is 13.1. The van der Waals surface area contributed by atoms with Gasteiger partial charge in [0, 0.05) is 26.2 Å². The summed E-state index contributed by atoms with van der Waals surface area (Å²) in [6, 6.07) is 4.70. The second kappa shape index (κ2) is 7.26. The van der Waals surface area contributed by atoms with E-state index in [4.69, 9.17) is 0 Å². The van der Waals surface area contributed by atoms with Gasteiger partial charge in [-0.3, -0.25) is 14.5 Å². The van der Waals surface area contributed by atoms with Crippen LogP contribution in [0, 0.1) is 0 Å². The molecule has 26 heavy (non-hydrogen) atoms. The number of piperazine rings is 1. The average molecular weight is 369 g/mol. The number of likely N-dealkylation sites (tertiary alicyclic amines) is 1. The molecule has 3 rings (SSSR count). The van der Waals surface area contributed by atoms with Crippen LogP contribution in [-0.4, -0.2) is 72.3 Å². The van der Waals surface area contributed by atoms with E-state index in [1.165, 1.54) is 23.1 Å². The Kier molecular flexibility index (Phi) is 5.22. The van der Waals surface area contributed by atoms with Crippen LogP contribution in [0.4, 0.5) is 13.2 Å². The van der Waals surface area contributed by atoms with E-state index in [9.17, 15) is 22.8 Å². The van der Waals surface area contributed by atoms with E-state index in [1.807, 2.05) is 11.9 Å². The smallest absolute Gasteiger partial charge is 0.338 e.